The van der Waals surface area contributed by atoms with Crippen LogP contribution >= 0.6 is 23.2 Å². The molecule has 36 heavy (non-hydrogen) atoms. The van der Waals surface area contributed by atoms with Crippen LogP contribution < -0.4 is 10.6 Å². The molecule has 10 nitrogen and oxygen atoms in total. The lowest BCUT2D eigenvalue weighted by Crippen LogP contribution is -2.23. The highest BCUT2D eigenvalue weighted by atomic mass is 35.5. The van der Waals surface area contributed by atoms with Gasteiger partial charge in [0.25, 0.3) is 11.8 Å². The molecular weight excluding hydrogens is 503 g/mol. The highest BCUT2D eigenvalue weighted by molar-refractivity contribution is 6.32. The minimum absolute atomic E-state index is 0.173. The van der Waals surface area contributed by atoms with Gasteiger partial charge in [-0.1, -0.05) is 42.3 Å². The first-order valence-electron chi connectivity index (χ1n) is 11.1. The molecule has 0 bridgehead atoms. The molecule has 2 amide bonds. The maximum Gasteiger partial charge on any atom is 0.274 e. The number of anilines is 1. The largest absolute Gasteiger partial charge is 0.355 e. The second-order valence-corrected chi connectivity index (χ2v) is 9.26. The van der Waals surface area contributed by atoms with E-state index >= 15 is 0 Å². The van der Waals surface area contributed by atoms with Gasteiger partial charge >= 0.3 is 0 Å². The lowest BCUT2D eigenvalue weighted by atomic mass is 10.1. The fourth-order valence-electron chi connectivity index (χ4n) is 3.59. The number of nitrogens with zero attached hydrogens (tertiary/aromatic N) is 6. The van der Waals surface area contributed by atoms with E-state index in [4.69, 9.17) is 23.2 Å². The van der Waals surface area contributed by atoms with Crippen molar-refractivity contribution in [2.45, 2.75) is 33.2 Å². The summed E-state index contributed by atoms with van der Waals surface area (Å²) in [7, 11) is 1.50. The molecule has 1 aromatic carbocycles. The molecule has 3 aromatic heterocycles. The van der Waals surface area contributed by atoms with Crippen molar-refractivity contribution in [3.8, 4) is 5.82 Å². The van der Waals surface area contributed by atoms with Crippen LogP contribution in [-0.2, 0) is 6.54 Å². The zero-order valence-corrected chi connectivity index (χ0v) is 21.6. The summed E-state index contributed by atoms with van der Waals surface area (Å²) >= 11 is 12.5. The van der Waals surface area contributed by atoms with E-state index in [2.05, 4.69) is 31.0 Å². The molecule has 0 aliphatic carbocycles. The molecule has 3 heterocycles. The van der Waals surface area contributed by atoms with Crippen molar-refractivity contribution >= 4 is 40.7 Å². The zero-order valence-electron chi connectivity index (χ0n) is 20.1. The van der Waals surface area contributed by atoms with Crippen molar-refractivity contribution in [3.63, 3.8) is 0 Å². The molecule has 4 aromatic rings. The molecule has 2 N–H and O–H groups in total. The Kier molecular flexibility index (Phi) is 7.37. The smallest absolute Gasteiger partial charge is 0.274 e. The summed E-state index contributed by atoms with van der Waals surface area (Å²) in [5, 5.41) is 19.0. The molecule has 0 radical (unpaired) electrons. The van der Waals surface area contributed by atoms with E-state index < -0.39 is 5.91 Å². The van der Waals surface area contributed by atoms with Gasteiger partial charge in [0.1, 0.15) is 5.69 Å². The van der Waals surface area contributed by atoms with Crippen molar-refractivity contribution in [3.05, 3.63) is 81.0 Å². The normalized spacial score (nSPS) is 11.1. The quantitative estimate of drug-likeness (QED) is 0.371. The minimum Gasteiger partial charge on any atom is -0.355 e. The van der Waals surface area contributed by atoms with E-state index in [1.807, 2.05) is 20.0 Å². The first-order valence-corrected chi connectivity index (χ1v) is 11.9. The van der Waals surface area contributed by atoms with E-state index in [1.165, 1.54) is 17.8 Å². The Bertz CT molecular complexity index is 1440. The van der Waals surface area contributed by atoms with Crippen molar-refractivity contribution in [1.82, 2.24) is 35.1 Å². The Hall–Kier alpha value is -3.76. The molecule has 0 fully saturated rings. The molecule has 0 spiro atoms. The number of aromatic nitrogens is 6. The lowest BCUT2D eigenvalue weighted by molar-refractivity contribution is 0.0964. The van der Waals surface area contributed by atoms with Gasteiger partial charge in [-0.2, -0.15) is 5.10 Å². The van der Waals surface area contributed by atoms with Gasteiger partial charge < -0.3 is 10.6 Å². The molecule has 0 aliphatic heterocycles. The average molecular weight is 527 g/mol. The van der Waals surface area contributed by atoms with Crippen molar-refractivity contribution in [1.29, 1.82) is 0 Å². The Balaban J connectivity index is 1.75. The molecule has 0 unspecified atom stereocenters. The van der Waals surface area contributed by atoms with Gasteiger partial charge in [-0.15, -0.1) is 5.10 Å². The molecule has 0 atom stereocenters. The average Bonchev–Trinajstić information content (AvgIpc) is 3.48. The fourth-order valence-corrected chi connectivity index (χ4v) is 4.06. The number of carbonyl (C=O) groups is 2. The Morgan fingerprint density at radius 3 is 2.58 bits per heavy atom. The van der Waals surface area contributed by atoms with Gasteiger partial charge in [0.2, 0.25) is 0 Å². The number of amides is 2. The van der Waals surface area contributed by atoms with Gasteiger partial charge in [0, 0.05) is 24.5 Å². The topological polar surface area (TPSA) is 120 Å². The summed E-state index contributed by atoms with van der Waals surface area (Å²) in [6, 6.07) is 8.14. The maximum atomic E-state index is 13.5. The SMILES string of the molecule is CNC(=O)c1cc(Cl)cc(C)c1NC(=O)c1cc(Cn2cc(C(C)C)nn2)nn1-c1ncccc1Cl. The molecular formula is C24H24Cl2N8O2. The highest BCUT2D eigenvalue weighted by Crippen LogP contribution is 2.27. The minimum atomic E-state index is -0.507. The van der Waals surface area contributed by atoms with Gasteiger partial charge in [0.15, 0.2) is 5.82 Å². The molecule has 0 saturated heterocycles. The number of hydrogen-bond acceptors (Lipinski definition) is 6. The van der Waals surface area contributed by atoms with E-state index in [9.17, 15) is 9.59 Å². The maximum absolute atomic E-state index is 13.5. The third kappa shape index (κ3) is 5.24. The Labute approximate surface area is 217 Å². The highest BCUT2D eigenvalue weighted by Gasteiger charge is 2.23. The number of rotatable bonds is 7. The monoisotopic (exact) mass is 526 g/mol. The third-order valence-corrected chi connectivity index (χ3v) is 5.93. The van der Waals surface area contributed by atoms with Crippen LogP contribution in [-0.4, -0.2) is 48.6 Å². The third-order valence-electron chi connectivity index (χ3n) is 5.41. The summed E-state index contributed by atoms with van der Waals surface area (Å²) in [5.41, 5.74) is 2.76. The van der Waals surface area contributed by atoms with Gasteiger partial charge in [0.05, 0.1) is 34.2 Å². The first-order chi connectivity index (χ1) is 17.2. The Morgan fingerprint density at radius 1 is 1.14 bits per heavy atom. The van der Waals surface area contributed by atoms with Gasteiger partial charge in [-0.3, -0.25) is 9.59 Å². The van der Waals surface area contributed by atoms with Crippen molar-refractivity contribution in [2.24, 2.45) is 0 Å². The summed E-state index contributed by atoms with van der Waals surface area (Å²) in [6.45, 7) is 6.09. The van der Waals surface area contributed by atoms with E-state index in [0.29, 0.717) is 27.0 Å². The predicted molar refractivity (Wildman–Crippen MR) is 137 cm³/mol. The predicted octanol–water partition coefficient (Wildman–Crippen LogP) is 4.26. The fraction of sp³-hybridized carbons (Fsp3) is 0.250. The number of carbonyl (C=O) groups excluding carboxylic acids is 2. The van der Waals surface area contributed by atoms with Crippen LogP contribution in [0.2, 0.25) is 10.0 Å². The molecule has 186 valence electrons. The van der Waals surface area contributed by atoms with Crippen LogP contribution in [0.5, 0.6) is 0 Å². The second-order valence-electron chi connectivity index (χ2n) is 8.42. The number of pyridine rings is 1. The van der Waals surface area contributed by atoms with E-state index in [1.54, 1.807) is 42.1 Å². The number of hydrogen-bond donors (Lipinski definition) is 2. The molecule has 12 heteroatoms. The summed E-state index contributed by atoms with van der Waals surface area (Å²) in [5.74, 6) is -0.379. The number of aryl methyl sites for hydroxylation is 1. The van der Waals surface area contributed by atoms with Crippen LogP contribution in [0.4, 0.5) is 5.69 Å². The summed E-state index contributed by atoms with van der Waals surface area (Å²) in [6.07, 6.45) is 3.40. The van der Waals surface area contributed by atoms with Crippen molar-refractivity contribution in [2.75, 3.05) is 12.4 Å². The van der Waals surface area contributed by atoms with Gasteiger partial charge in [-0.25, -0.2) is 14.3 Å². The van der Waals surface area contributed by atoms with Crippen LogP contribution in [0.3, 0.4) is 0 Å². The second kappa shape index (κ2) is 10.5. The van der Waals surface area contributed by atoms with Gasteiger partial charge in [-0.05, 0) is 48.7 Å². The van der Waals surface area contributed by atoms with Crippen LogP contribution in [0.1, 0.15) is 57.6 Å². The number of benzene rings is 1. The molecule has 0 aliphatic rings. The number of nitrogens with one attached hydrogen (secondary N) is 2. The molecule has 0 saturated carbocycles. The van der Waals surface area contributed by atoms with Crippen LogP contribution in [0.25, 0.3) is 5.82 Å². The molecule has 4 rings (SSSR count). The van der Waals surface area contributed by atoms with Crippen LogP contribution in [0, 0.1) is 6.92 Å². The van der Waals surface area contributed by atoms with Crippen LogP contribution in [0.15, 0.2) is 42.7 Å². The van der Waals surface area contributed by atoms with E-state index in [0.717, 1.165) is 5.69 Å². The van der Waals surface area contributed by atoms with E-state index in [-0.39, 0.29) is 35.4 Å². The standard InChI is InChI=1S/C24H24Cl2N8O2/c1-13(2)19-12-33(32-30-19)11-16-10-20(34(31-16)22-18(26)6-5-7-28-22)24(36)29-21-14(3)8-15(25)9-17(21)23(35)27-4/h5-10,12-13H,11H2,1-4H3,(H,27,35)(H,29,36). The zero-order chi connectivity index (χ0) is 26.0. The lowest BCUT2D eigenvalue weighted by Gasteiger charge is -2.14. The summed E-state index contributed by atoms with van der Waals surface area (Å²) in [4.78, 5) is 30.3. The first kappa shape index (κ1) is 25.3. The van der Waals surface area contributed by atoms with Crippen molar-refractivity contribution < 1.29 is 9.59 Å². The number of halogens is 2. The Morgan fingerprint density at radius 2 is 1.92 bits per heavy atom. The summed E-state index contributed by atoms with van der Waals surface area (Å²) < 4.78 is 3.02.